The van der Waals surface area contributed by atoms with Crippen molar-refractivity contribution < 1.29 is 13.9 Å². The molecule has 1 aliphatic rings. The van der Waals surface area contributed by atoms with E-state index in [1.807, 2.05) is 0 Å². The molecular weight excluding hydrogens is 184 g/mol. The number of ether oxygens (including phenoxy) is 1. The number of carbonyl (C=O) groups is 1. The van der Waals surface area contributed by atoms with Crippen LogP contribution < -0.4 is 5.73 Å². The number of carbonyl (C=O) groups excluding carboxylic acids is 1. The van der Waals surface area contributed by atoms with Crippen LogP contribution in [0.2, 0.25) is 0 Å². The smallest absolute Gasteiger partial charge is 0.289 e. The van der Waals surface area contributed by atoms with Gasteiger partial charge in [0, 0.05) is 19.2 Å². The number of anilines is 1. The van der Waals surface area contributed by atoms with Crippen LogP contribution in [0.4, 0.5) is 5.88 Å². The Bertz CT molecular complexity index is 329. The lowest BCUT2D eigenvalue weighted by Gasteiger charge is -2.25. The summed E-state index contributed by atoms with van der Waals surface area (Å²) in [4.78, 5) is 13.4. The second-order valence-electron chi connectivity index (χ2n) is 3.11. The van der Waals surface area contributed by atoms with Crippen molar-refractivity contribution in [2.45, 2.75) is 0 Å². The summed E-state index contributed by atoms with van der Waals surface area (Å²) in [6.07, 6.45) is 0. The molecule has 1 saturated heterocycles. The fraction of sp³-hybridized carbons (Fsp3) is 0.444. The lowest BCUT2D eigenvalue weighted by molar-refractivity contribution is 0.0283. The lowest BCUT2D eigenvalue weighted by Crippen LogP contribution is -2.40. The standard InChI is InChI=1S/C9H12N2O3/c10-8-2-1-7(14-8)9(12)11-3-5-13-6-4-11/h1-2H,3-6,10H2. The highest BCUT2D eigenvalue weighted by Crippen LogP contribution is 2.12. The van der Waals surface area contributed by atoms with E-state index in [9.17, 15) is 4.79 Å². The lowest BCUT2D eigenvalue weighted by atomic mass is 10.3. The summed E-state index contributed by atoms with van der Waals surface area (Å²) >= 11 is 0. The second kappa shape index (κ2) is 3.71. The molecule has 5 heteroatoms. The van der Waals surface area contributed by atoms with Crippen LogP contribution in [0.15, 0.2) is 16.5 Å². The number of rotatable bonds is 1. The van der Waals surface area contributed by atoms with Gasteiger partial charge in [-0.1, -0.05) is 0 Å². The molecule has 0 aliphatic carbocycles. The molecule has 1 amide bonds. The molecule has 2 heterocycles. The number of nitrogen functional groups attached to an aromatic ring is 1. The average Bonchev–Trinajstić information content (AvgIpc) is 2.65. The maximum Gasteiger partial charge on any atom is 0.289 e. The average molecular weight is 196 g/mol. The van der Waals surface area contributed by atoms with Gasteiger partial charge in [-0.25, -0.2) is 0 Å². The van der Waals surface area contributed by atoms with E-state index in [1.165, 1.54) is 0 Å². The molecule has 0 aromatic carbocycles. The number of nitrogens with zero attached hydrogens (tertiary/aromatic N) is 1. The molecule has 0 unspecified atom stereocenters. The third kappa shape index (κ3) is 1.72. The van der Waals surface area contributed by atoms with Gasteiger partial charge in [-0.15, -0.1) is 0 Å². The van der Waals surface area contributed by atoms with Gasteiger partial charge in [0.25, 0.3) is 5.91 Å². The number of morpholine rings is 1. The number of amides is 1. The molecule has 2 rings (SSSR count). The van der Waals surface area contributed by atoms with Crippen LogP contribution in [0.1, 0.15) is 10.6 Å². The van der Waals surface area contributed by atoms with E-state index < -0.39 is 0 Å². The minimum atomic E-state index is -0.120. The summed E-state index contributed by atoms with van der Waals surface area (Å²) in [5.74, 6) is 0.441. The first-order chi connectivity index (χ1) is 6.77. The van der Waals surface area contributed by atoms with Gasteiger partial charge in [0.05, 0.1) is 13.2 Å². The molecule has 0 atom stereocenters. The molecule has 2 N–H and O–H groups in total. The molecule has 0 bridgehead atoms. The third-order valence-electron chi connectivity index (χ3n) is 2.14. The van der Waals surface area contributed by atoms with E-state index in [-0.39, 0.29) is 11.8 Å². The summed E-state index contributed by atoms with van der Waals surface area (Å²) < 4.78 is 10.2. The van der Waals surface area contributed by atoms with Crippen LogP contribution in [0, 0.1) is 0 Å². The van der Waals surface area contributed by atoms with Gasteiger partial charge in [0.1, 0.15) is 0 Å². The van der Waals surface area contributed by atoms with Gasteiger partial charge in [-0.3, -0.25) is 4.79 Å². The quantitative estimate of drug-likeness (QED) is 0.703. The zero-order valence-electron chi connectivity index (χ0n) is 7.73. The fourth-order valence-corrected chi connectivity index (χ4v) is 1.39. The first-order valence-corrected chi connectivity index (χ1v) is 4.50. The Kier molecular flexibility index (Phi) is 2.41. The number of nitrogens with two attached hydrogens (primary N) is 1. The van der Waals surface area contributed by atoms with E-state index in [1.54, 1.807) is 17.0 Å². The molecular formula is C9H12N2O3. The Morgan fingerprint density at radius 1 is 1.36 bits per heavy atom. The minimum absolute atomic E-state index is 0.120. The molecule has 5 nitrogen and oxygen atoms in total. The van der Waals surface area contributed by atoms with Gasteiger partial charge >= 0.3 is 0 Å². The molecule has 0 spiro atoms. The van der Waals surface area contributed by atoms with E-state index in [0.29, 0.717) is 32.1 Å². The summed E-state index contributed by atoms with van der Waals surface area (Å²) in [6, 6.07) is 3.17. The summed E-state index contributed by atoms with van der Waals surface area (Å²) in [6.45, 7) is 2.39. The van der Waals surface area contributed by atoms with E-state index in [2.05, 4.69) is 0 Å². The van der Waals surface area contributed by atoms with Crippen molar-refractivity contribution in [3.63, 3.8) is 0 Å². The molecule has 1 fully saturated rings. The SMILES string of the molecule is Nc1ccc(C(=O)N2CCOCC2)o1. The predicted octanol–water partition coefficient (Wildman–Crippen LogP) is 0.334. The first kappa shape index (κ1) is 9.08. The second-order valence-corrected chi connectivity index (χ2v) is 3.11. The van der Waals surface area contributed by atoms with E-state index >= 15 is 0 Å². The highest BCUT2D eigenvalue weighted by molar-refractivity contribution is 5.91. The highest BCUT2D eigenvalue weighted by Gasteiger charge is 2.20. The molecule has 14 heavy (non-hydrogen) atoms. The monoisotopic (exact) mass is 196 g/mol. The number of hydrogen-bond acceptors (Lipinski definition) is 4. The minimum Gasteiger partial charge on any atom is -0.436 e. The highest BCUT2D eigenvalue weighted by atomic mass is 16.5. The van der Waals surface area contributed by atoms with Crippen LogP contribution in [-0.2, 0) is 4.74 Å². The maximum atomic E-state index is 11.7. The first-order valence-electron chi connectivity index (χ1n) is 4.50. The van der Waals surface area contributed by atoms with Gasteiger partial charge in [-0.2, -0.15) is 0 Å². The fourth-order valence-electron chi connectivity index (χ4n) is 1.39. The Morgan fingerprint density at radius 3 is 2.64 bits per heavy atom. The number of hydrogen-bond donors (Lipinski definition) is 1. The van der Waals surface area contributed by atoms with Crippen LogP contribution in [0.5, 0.6) is 0 Å². The molecule has 1 aromatic rings. The third-order valence-corrected chi connectivity index (χ3v) is 2.14. The van der Waals surface area contributed by atoms with Crippen molar-refractivity contribution in [3.8, 4) is 0 Å². The molecule has 1 aliphatic heterocycles. The Labute approximate surface area is 81.4 Å². The molecule has 0 saturated carbocycles. The van der Waals surface area contributed by atoms with E-state index in [4.69, 9.17) is 14.9 Å². The predicted molar refractivity (Wildman–Crippen MR) is 49.8 cm³/mol. The Morgan fingerprint density at radius 2 is 2.07 bits per heavy atom. The van der Waals surface area contributed by atoms with Gasteiger partial charge < -0.3 is 19.8 Å². The van der Waals surface area contributed by atoms with Crippen molar-refractivity contribution in [2.24, 2.45) is 0 Å². The zero-order valence-corrected chi connectivity index (χ0v) is 7.73. The van der Waals surface area contributed by atoms with Crippen LogP contribution in [0.3, 0.4) is 0 Å². The van der Waals surface area contributed by atoms with Crippen molar-refractivity contribution in [2.75, 3.05) is 32.0 Å². The van der Waals surface area contributed by atoms with Crippen LogP contribution in [0.25, 0.3) is 0 Å². The van der Waals surface area contributed by atoms with Crippen LogP contribution in [-0.4, -0.2) is 37.1 Å². The van der Waals surface area contributed by atoms with Crippen molar-refractivity contribution in [3.05, 3.63) is 17.9 Å². The van der Waals surface area contributed by atoms with Crippen molar-refractivity contribution in [1.29, 1.82) is 0 Å². The molecule has 0 radical (unpaired) electrons. The van der Waals surface area contributed by atoms with Crippen molar-refractivity contribution in [1.82, 2.24) is 4.90 Å². The van der Waals surface area contributed by atoms with E-state index in [0.717, 1.165) is 0 Å². The van der Waals surface area contributed by atoms with Gasteiger partial charge in [-0.05, 0) is 6.07 Å². The van der Waals surface area contributed by atoms with Gasteiger partial charge in [0.2, 0.25) is 0 Å². The molecule has 1 aromatic heterocycles. The number of furan rings is 1. The largest absolute Gasteiger partial charge is 0.436 e. The zero-order chi connectivity index (χ0) is 9.97. The summed E-state index contributed by atoms with van der Waals surface area (Å²) in [7, 11) is 0. The normalized spacial score (nSPS) is 17.0. The molecule has 76 valence electrons. The summed E-state index contributed by atoms with van der Waals surface area (Å²) in [5.41, 5.74) is 5.38. The summed E-state index contributed by atoms with van der Waals surface area (Å²) in [5, 5.41) is 0. The maximum absolute atomic E-state index is 11.7. The van der Waals surface area contributed by atoms with Gasteiger partial charge in [0.15, 0.2) is 11.6 Å². The Hall–Kier alpha value is -1.49. The topological polar surface area (TPSA) is 68.7 Å². The van der Waals surface area contributed by atoms with Crippen molar-refractivity contribution >= 4 is 11.8 Å². The Balaban J connectivity index is 2.07. The van der Waals surface area contributed by atoms with Crippen LogP contribution >= 0.6 is 0 Å².